The maximum absolute atomic E-state index is 6.44. The number of para-hydroxylation sites is 3. The first-order valence-electron chi connectivity index (χ1n) is 8.99. The normalized spacial score (nSPS) is 12.6. The second kappa shape index (κ2) is 4.54. The van der Waals surface area contributed by atoms with Crippen molar-refractivity contribution in [3.8, 4) is 0 Å². The third kappa shape index (κ3) is 1.51. The maximum Gasteiger partial charge on any atom is 0.154 e. The van der Waals surface area contributed by atoms with E-state index in [0.29, 0.717) is 5.02 Å². The van der Waals surface area contributed by atoms with Gasteiger partial charge in [-0.3, -0.25) is 0 Å². The summed E-state index contributed by atoms with van der Waals surface area (Å²) >= 11 is 6.44. The second-order valence-corrected chi connectivity index (χ2v) is 7.52. The highest BCUT2D eigenvalue weighted by Crippen LogP contribution is 2.45. The molecule has 3 heterocycles. The fourth-order valence-electron chi connectivity index (χ4n) is 4.72. The van der Waals surface area contributed by atoms with Gasteiger partial charge in [0.25, 0.3) is 0 Å². The molecule has 0 saturated carbocycles. The summed E-state index contributed by atoms with van der Waals surface area (Å²) in [5.74, 6) is 0. The number of furan rings is 1. The number of fused-ring (bicyclic) bond motifs is 10. The van der Waals surface area contributed by atoms with Gasteiger partial charge in [0.15, 0.2) is 5.58 Å². The fourth-order valence-corrected chi connectivity index (χ4v) is 4.94. The highest BCUT2D eigenvalue weighted by molar-refractivity contribution is 6.38. The molecule has 0 unspecified atom stereocenters. The molecule has 3 aromatic heterocycles. The Morgan fingerprint density at radius 1 is 0.630 bits per heavy atom. The molecule has 0 aliphatic heterocycles. The summed E-state index contributed by atoms with van der Waals surface area (Å²) in [6.45, 7) is 0. The van der Waals surface area contributed by atoms with Crippen molar-refractivity contribution in [1.82, 2.24) is 4.40 Å². The summed E-state index contributed by atoms with van der Waals surface area (Å²) in [5, 5.41) is 7.74. The molecule has 0 radical (unpaired) electrons. The molecule has 0 amide bonds. The largest absolute Gasteiger partial charge is 0.454 e. The first kappa shape index (κ1) is 13.9. The Morgan fingerprint density at radius 2 is 1.33 bits per heavy atom. The van der Waals surface area contributed by atoms with Crippen LogP contribution >= 0.6 is 11.6 Å². The maximum atomic E-state index is 6.44. The number of hydrogen-bond acceptors (Lipinski definition) is 1. The van der Waals surface area contributed by atoms with Crippen LogP contribution in [-0.2, 0) is 0 Å². The van der Waals surface area contributed by atoms with Crippen LogP contribution in [0.25, 0.3) is 60.0 Å². The van der Waals surface area contributed by atoms with E-state index in [9.17, 15) is 0 Å². The van der Waals surface area contributed by atoms with E-state index in [2.05, 4.69) is 65.1 Å². The summed E-state index contributed by atoms with van der Waals surface area (Å²) < 4.78 is 8.72. The molecule has 27 heavy (non-hydrogen) atoms. The van der Waals surface area contributed by atoms with Crippen molar-refractivity contribution in [1.29, 1.82) is 0 Å². The van der Waals surface area contributed by atoms with E-state index in [4.69, 9.17) is 16.0 Å². The van der Waals surface area contributed by atoms with Crippen molar-refractivity contribution in [3.05, 3.63) is 77.8 Å². The van der Waals surface area contributed by atoms with Gasteiger partial charge in [-0.15, -0.1) is 0 Å². The predicted molar refractivity (Wildman–Crippen MR) is 113 cm³/mol. The molecule has 0 spiro atoms. The van der Waals surface area contributed by atoms with Crippen molar-refractivity contribution in [2.24, 2.45) is 0 Å². The minimum Gasteiger partial charge on any atom is -0.454 e. The molecule has 0 bridgehead atoms. The first-order chi connectivity index (χ1) is 13.3. The SMILES string of the molecule is Clc1cccc2c1oc1c2cc2c3ccccc3n3c4ccccc4c1c23. The van der Waals surface area contributed by atoms with E-state index in [1.54, 1.807) is 0 Å². The molecule has 2 nitrogen and oxygen atoms in total. The molecule has 126 valence electrons. The summed E-state index contributed by atoms with van der Waals surface area (Å²) in [5.41, 5.74) is 5.34. The van der Waals surface area contributed by atoms with Crippen molar-refractivity contribution < 1.29 is 4.42 Å². The average Bonchev–Trinajstić information content (AvgIpc) is 3.34. The Labute approximate surface area is 158 Å². The van der Waals surface area contributed by atoms with E-state index < -0.39 is 0 Å². The van der Waals surface area contributed by atoms with Gasteiger partial charge < -0.3 is 8.82 Å². The van der Waals surface area contributed by atoms with Gasteiger partial charge in [0, 0.05) is 26.9 Å². The summed E-state index contributed by atoms with van der Waals surface area (Å²) in [6.07, 6.45) is 0. The number of aromatic nitrogens is 1. The summed E-state index contributed by atoms with van der Waals surface area (Å²) in [6, 6.07) is 25.4. The highest BCUT2D eigenvalue weighted by atomic mass is 35.5. The molecule has 4 aromatic carbocycles. The lowest BCUT2D eigenvalue weighted by atomic mass is 10.0. The standard InChI is InChI=1S/C24H12ClNO/c25-18-9-5-8-14-17-12-16-13-6-1-3-10-19(13)26-20-11-4-2-7-15(20)21(22(16)26)24(17)27-23(14)18/h1-12H. The summed E-state index contributed by atoms with van der Waals surface area (Å²) in [4.78, 5) is 0. The molecule has 7 aromatic rings. The van der Waals surface area contributed by atoms with E-state index >= 15 is 0 Å². The van der Waals surface area contributed by atoms with Crippen LogP contribution in [0.2, 0.25) is 5.02 Å². The molecular formula is C24H12ClNO. The van der Waals surface area contributed by atoms with Crippen molar-refractivity contribution in [2.45, 2.75) is 0 Å². The molecule has 0 atom stereocenters. The monoisotopic (exact) mass is 365 g/mol. The zero-order valence-electron chi connectivity index (χ0n) is 14.2. The van der Waals surface area contributed by atoms with Crippen molar-refractivity contribution in [2.75, 3.05) is 0 Å². The fraction of sp³-hybridized carbons (Fsp3) is 0. The van der Waals surface area contributed by atoms with Gasteiger partial charge in [-0.2, -0.15) is 0 Å². The minimum absolute atomic E-state index is 0.652. The third-order valence-corrected chi connectivity index (χ3v) is 6.08. The molecule has 3 heteroatoms. The van der Waals surface area contributed by atoms with Crippen LogP contribution in [0.3, 0.4) is 0 Å². The number of rotatable bonds is 0. The molecule has 0 aliphatic carbocycles. The van der Waals surface area contributed by atoms with Crippen LogP contribution in [0.1, 0.15) is 0 Å². The number of hydrogen-bond donors (Lipinski definition) is 0. The van der Waals surface area contributed by atoms with Crippen LogP contribution in [-0.4, -0.2) is 4.40 Å². The van der Waals surface area contributed by atoms with Crippen LogP contribution in [0, 0.1) is 0 Å². The Hall–Kier alpha value is -3.23. The topological polar surface area (TPSA) is 17.6 Å². The lowest BCUT2D eigenvalue weighted by Gasteiger charge is -1.97. The van der Waals surface area contributed by atoms with Crippen molar-refractivity contribution >= 4 is 71.6 Å². The molecule has 0 fully saturated rings. The van der Waals surface area contributed by atoms with Gasteiger partial charge >= 0.3 is 0 Å². The smallest absolute Gasteiger partial charge is 0.154 e. The number of benzene rings is 4. The van der Waals surface area contributed by atoms with Crippen molar-refractivity contribution in [3.63, 3.8) is 0 Å². The van der Waals surface area contributed by atoms with Gasteiger partial charge in [-0.1, -0.05) is 60.1 Å². The Balaban J connectivity index is 1.94. The average molecular weight is 366 g/mol. The van der Waals surface area contributed by atoms with E-state index in [1.165, 1.54) is 38.1 Å². The first-order valence-corrected chi connectivity index (χ1v) is 9.37. The molecule has 7 rings (SSSR count). The van der Waals surface area contributed by atoms with Gasteiger partial charge in [0.05, 0.1) is 27.0 Å². The van der Waals surface area contributed by atoms with Gasteiger partial charge in [0.2, 0.25) is 0 Å². The van der Waals surface area contributed by atoms with E-state index in [1.807, 2.05) is 12.1 Å². The molecule has 0 saturated heterocycles. The van der Waals surface area contributed by atoms with Gasteiger partial charge in [0.1, 0.15) is 5.58 Å². The van der Waals surface area contributed by atoms with E-state index in [0.717, 1.165) is 21.9 Å². The predicted octanol–water partition coefficient (Wildman–Crippen LogP) is 7.39. The van der Waals surface area contributed by atoms with Crippen LogP contribution in [0.15, 0.2) is 77.2 Å². The van der Waals surface area contributed by atoms with Gasteiger partial charge in [-0.05, 0) is 24.3 Å². The summed E-state index contributed by atoms with van der Waals surface area (Å²) in [7, 11) is 0. The number of halogens is 1. The minimum atomic E-state index is 0.652. The molecule has 0 aliphatic rings. The zero-order chi connectivity index (χ0) is 17.7. The lowest BCUT2D eigenvalue weighted by molar-refractivity contribution is 0.673. The van der Waals surface area contributed by atoms with Crippen LogP contribution in [0.4, 0.5) is 0 Å². The second-order valence-electron chi connectivity index (χ2n) is 7.11. The van der Waals surface area contributed by atoms with Crippen LogP contribution in [0.5, 0.6) is 0 Å². The third-order valence-electron chi connectivity index (χ3n) is 5.79. The Morgan fingerprint density at radius 3 is 2.19 bits per heavy atom. The quantitative estimate of drug-likeness (QED) is 0.274. The zero-order valence-corrected chi connectivity index (χ0v) is 14.9. The van der Waals surface area contributed by atoms with Gasteiger partial charge in [-0.25, -0.2) is 0 Å². The Bertz CT molecular complexity index is 1690. The van der Waals surface area contributed by atoms with Crippen LogP contribution < -0.4 is 0 Å². The molecular weight excluding hydrogens is 354 g/mol. The number of nitrogens with zero attached hydrogens (tertiary/aromatic N) is 1. The Kier molecular flexibility index (Phi) is 2.34. The highest BCUT2D eigenvalue weighted by Gasteiger charge is 2.22. The lowest BCUT2D eigenvalue weighted by Crippen LogP contribution is -1.78. The molecule has 0 N–H and O–H groups in total. The van der Waals surface area contributed by atoms with E-state index in [-0.39, 0.29) is 0 Å².